The minimum atomic E-state index is -6.00. The molecule has 2 nitrogen and oxygen atoms in total. The topological polar surface area (TPSA) is 6.48 Å². The molecule has 0 aromatic carbocycles. The maximum Gasteiger partial charge on any atom is 0.673 e. The lowest BCUT2D eigenvalue weighted by Gasteiger charge is -2.41. The number of rotatable bonds is 3. The second-order valence-corrected chi connectivity index (χ2v) is 7.15. The predicted molar refractivity (Wildman–Crippen MR) is 96.0 cm³/mol. The summed E-state index contributed by atoms with van der Waals surface area (Å²) < 4.78 is 143. The molecule has 1 aliphatic heterocycles. The molecule has 0 amide bonds. The lowest BCUT2D eigenvalue weighted by molar-refractivity contribution is -0.0262. The summed E-state index contributed by atoms with van der Waals surface area (Å²) in [6.45, 7) is 3.14. The molecule has 1 saturated carbocycles. The Hall–Kier alpha value is -0.865. The highest BCUT2D eigenvalue weighted by atomic mass is 19.5. The largest absolute Gasteiger partial charge is 0.673 e. The summed E-state index contributed by atoms with van der Waals surface area (Å²) in [7, 11) is -16.1. The average Bonchev–Trinajstić information content (AvgIpc) is 2.53. The van der Waals surface area contributed by atoms with E-state index in [2.05, 4.69) is 0 Å². The molecule has 2 fully saturated rings. The van der Waals surface area contributed by atoms with E-state index in [1.54, 1.807) is 0 Å². The van der Waals surface area contributed by atoms with Crippen LogP contribution in [0.2, 0.25) is 0 Å². The van der Waals surface area contributed by atoms with Gasteiger partial charge in [0.25, 0.3) is 6.43 Å². The van der Waals surface area contributed by atoms with Crippen molar-refractivity contribution < 1.29 is 60.6 Å². The molecule has 0 aromatic heterocycles. The van der Waals surface area contributed by atoms with Crippen LogP contribution in [0.1, 0.15) is 32.1 Å². The van der Waals surface area contributed by atoms with Gasteiger partial charge in [0.15, 0.2) is 0 Å². The van der Waals surface area contributed by atoms with Crippen LogP contribution in [0.5, 0.6) is 0 Å². The number of halogens is 14. The Labute approximate surface area is 177 Å². The summed E-state index contributed by atoms with van der Waals surface area (Å²) in [6.07, 6.45) is 4.18. The number of hydrogen-bond acceptors (Lipinski definition) is 2. The summed E-state index contributed by atoms with van der Waals surface area (Å²) in [6, 6.07) is -0.546. The summed E-state index contributed by atoms with van der Waals surface area (Å²) >= 11 is 0. The van der Waals surface area contributed by atoms with Gasteiger partial charge in [-0.05, 0) is 25.8 Å². The van der Waals surface area contributed by atoms with E-state index in [-0.39, 0.29) is 0 Å². The zero-order chi connectivity index (χ0) is 25.8. The number of likely N-dealkylation sites (N-methyl/N-ethyl adjacent to an activating group) is 1. The van der Waals surface area contributed by atoms with Gasteiger partial charge in [0, 0.05) is 26.2 Å². The average molecular weight is 507 g/mol. The summed E-state index contributed by atoms with van der Waals surface area (Å²) in [5.41, 5.74) is 0. The Bertz CT molecular complexity index is 422. The first-order valence-electron chi connectivity index (χ1n) is 9.49. The number of hydrogen-bond donors (Lipinski definition) is 0. The van der Waals surface area contributed by atoms with E-state index in [4.69, 9.17) is 0 Å². The smallest absolute Gasteiger partial charge is 0.418 e. The molecule has 0 N–H and O–H groups in total. The van der Waals surface area contributed by atoms with Gasteiger partial charge in [0.1, 0.15) is 0 Å². The van der Waals surface area contributed by atoms with Gasteiger partial charge in [0.2, 0.25) is 0 Å². The minimum absolute atomic E-state index is 0.518. The van der Waals surface area contributed by atoms with Gasteiger partial charge < -0.3 is 56.7 Å². The Kier molecular flexibility index (Phi) is 15.7. The minimum Gasteiger partial charge on any atom is -0.418 e. The Balaban J connectivity index is 0. The van der Waals surface area contributed by atoms with Gasteiger partial charge in [-0.15, -0.1) is 0 Å². The molecule has 196 valence electrons. The maximum atomic E-state index is 13.0. The van der Waals surface area contributed by atoms with Crippen molar-refractivity contribution in [2.75, 3.05) is 33.2 Å². The quantitative estimate of drug-likeness (QED) is 0.325. The molecule has 0 aromatic rings. The van der Waals surface area contributed by atoms with Crippen molar-refractivity contribution in [2.45, 2.75) is 44.6 Å². The van der Waals surface area contributed by atoms with Gasteiger partial charge in [0.05, 0.1) is 6.04 Å². The van der Waals surface area contributed by atoms with Crippen molar-refractivity contribution in [3.8, 4) is 0 Å². The van der Waals surface area contributed by atoms with Crippen molar-refractivity contribution >= 4 is 21.8 Å². The molecule has 0 bridgehead atoms. The molecule has 1 unspecified atom stereocenters. The maximum absolute atomic E-state index is 13.0. The first kappa shape index (κ1) is 33.3. The summed E-state index contributed by atoms with van der Waals surface area (Å²) in [5, 5.41) is 0. The standard InChI is InChI=1S/C13H24F2N2.3BF4/c1-16-7-8-17(12(10-16)13(14)15)9-11-5-3-2-4-6-11;3*2-1(3,4)5/h11-13H,2-10H2,1H3;;;/q;3*-1. The molecule has 32 heavy (non-hydrogen) atoms. The molecule has 1 heterocycles. The zero-order valence-electron chi connectivity index (χ0n) is 17.0. The summed E-state index contributed by atoms with van der Waals surface area (Å²) in [5.74, 6) is 0.661. The highest BCUT2D eigenvalue weighted by molar-refractivity contribution is 6.50. The third kappa shape index (κ3) is 29.1. The normalized spacial score (nSPS) is 21.6. The predicted octanol–water partition coefficient (Wildman–Crippen LogP) is 6.35. The molecule has 1 aliphatic carbocycles. The highest BCUT2D eigenvalue weighted by Crippen LogP contribution is 2.26. The van der Waals surface area contributed by atoms with Gasteiger partial charge in [-0.2, -0.15) is 0 Å². The Morgan fingerprint density at radius 2 is 1.06 bits per heavy atom. The molecular formula is C13H24B3F14N2-3. The third-order valence-electron chi connectivity index (χ3n) is 4.24. The fourth-order valence-electron chi connectivity index (χ4n) is 3.16. The van der Waals surface area contributed by atoms with Gasteiger partial charge in [-0.3, -0.25) is 4.90 Å². The van der Waals surface area contributed by atoms with Crippen LogP contribution in [0.3, 0.4) is 0 Å². The molecular weight excluding hydrogens is 483 g/mol. The van der Waals surface area contributed by atoms with Crippen molar-refractivity contribution in [1.29, 1.82) is 0 Å². The van der Waals surface area contributed by atoms with Crippen molar-refractivity contribution in [3.63, 3.8) is 0 Å². The second-order valence-electron chi connectivity index (χ2n) is 7.15. The van der Waals surface area contributed by atoms with Crippen LogP contribution in [-0.2, 0) is 0 Å². The molecule has 0 radical (unpaired) electrons. The van der Waals surface area contributed by atoms with E-state index in [9.17, 15) is 60.6 Å². The lowest BCUT2D eigenvalue weighted by Crippen LogP contribution is -2.56. The van der Waals surface area contributed by atoms with E-state index in [0.717, 1.165) is 19.6 Å². The Morgan fingerprint density at radius 1 is 0.688 bits per heavy atom. The van der Waals surface area contributed by atoms with Crippen LogP contribution < -0.4 is 0 Å². The van der Waals surface area contributed by atoms with Crippen molar-refractivity contribution in [1.82, 2.24) is 9.80 Å². The van der Waals surface area contributed by atoms with Gasteiger partial charge in [-0.25, -0.2) is 8.78 Å². The monoisotopic (exact) mass is 507 g/mol. The van der Waals surface area contributed by atoms with Crippen LogP contribution in [0.15, 0.2) is 0 Å². The van der Waals surface area contributed by atoms with E-state index in [0.29, 0.717) is 12.5 Å². The molecule has 0 spiro atoms. The van der Waals surface area contributed by atoms with Gasteiger partial charge in [-0.1, -0.05) is 19.3 Å². The fourth-order valence-corrected chi connectivity index (χ4v) is 3.16. The van der Waals surface area contributed by atoms with E-state index in [1.165, 1.54) is 32.1 Å². The van der Waals surface area contributed by atoms with E-state index >= 15 is 0 Å². The molecule has 1 atom stereocenters. The van der Waals surface area contributed by atoms with Crippen molar-refractivity contribution in [2.24, 2.45) is 5.92 Å². The first-order valence-corrected chi connectivity index (χ1v) is 9.49. The van der Waals surface area contributed by atoms with Crippen LogP contribution in [0.4, 0.5) is 60.6 Å². The molecule has 2 aliphatic rings. The Morgan fingerprint density at radius 3 is 1.41 bits per heavy atom. The number of piperazine rings is 1. The SMILES string of the molecule is CN1CCN(CC2CCCCC2)C(C(F)F)C1.F[B-](F)(F)F.F[B-](F)(F)F.F[B-](F)(F)F. The molecule has 19 heteroatoms. The lowest BCUT2D eigenvalue weighted by atomic mass is 9.88. The van der Waals surface area contributed by atoms with Crippen LogP contribution >= 0.6 is 0 Å². The molecule has 1 saturated heterocycles. The number of alkyl halides is 2. The number of nitrogens with zero attached hydrogens (tertiary/aromatic N) is 2. The first-order chi connectivity index (χ1) is 14.2. The summed E-state index contributed by atoms with van der Waals surface area (Å²) in [4.78, 5) is 4.06. The van der Waals surface area contributed by atoms with Crippen molar-refractivity contribution in [3.05, 3.63) is 0 Å². The highest BCUT2D eigenvalue weighted by Gasteiger charge is 2.33. The molecule has 2 rings (SSSR count). The second kappa shape index (κ2) is 15.1. The van der Waals surface area contributed by atoms with E-state index < -0.39 is 34.2 Å². The van der Waals surface area contributed by atoms with Crippen LogP contribution in [-0.4, -0.2) is 77.3 Å². The fraction of sp³-hybridized carbons (Fsp3) is 1.00. The van der Waals surface area contributed by atoms with Crippen LogP contribution in [0, 0.1) is 5.92 Å². The van der Waals surface area contributed by atoms with Crippen LogP contribution in [0.25, 0.3) is 0 Å². The zero-order valence-corrected chi connectivity index (χ0v) is 17.0. The third-order valence-corrected chi connectivity index (χ3v) is 4.24. The van der Waals surface area contributed by atoms with Gasteiger partial charge >= 0.3 is 21.8 Å². The van der Waals surface area contributed by atoms with E-state index in [1.807, 2.05) is 16.8 Å².